The van der Waals surface area contributed by atoms with Crippen molar-refractivity contribution in [1.82, 2.24) is 14.1 Å². The van der Waals surface area contributed by atoms with Crippen LogP contribution in [0, 0.1) is 13.8 Å². The van der Waals surface area contributed by atoms with Gasteiger partial charge in [-0.05, 0) is 26.0 Å². The van der Waals surface area contributed by atoms with Crippen molar-refractivity contribution >= 4 is 10.0 Å². The van der Waals surface area contributed by atoms with Gasteiger partial charge in [-0.1, -0.05) is 18.2 Å². The molecule has 1 aromatic heterocycles. The first kappa shape index (κ1) is 16.2. The van der Waals surface area contributed by atoms with Gasteiger partial charge < -0.3 is 4.74 Å². The Morgan fingerprint density at radius 1 is 1.22 bits per heavy atom. The van der Waals surface area contributed by atoms with Crippen molar-refractivity contribution in [3.05, 3.63) is 47.3 Å². The second kappa shape index (κ2) is 6.07. The summed E-state index contributed by atoms with van der Waals surface area (Å²) in [5.41, 5.74) is 2.74. The molecule has 0 amide bonds. The molecule has 0 N–H and O–H groups in total. The van der Waals surface area contributed by atoms with Crippen LogP contribution in [0.1, 0.15) is 23.0 Å². The number of hydrogen-bond donors (Lipinski definition) is 0. The van der Waals surface area contributed by atoms with Crippen LogP contribution in [-0.2, 0) is 21.8 Å². The van der Waals surface area contributed by atoms with Gasteiger partial charge in [-0.3, -0.25) is 4.68 Å². The van der Waals surface area contributed by atoms with E-state index in [0.717, 1.165) is 17.0 Å². The molecular weight excluding hydrogens is 314 g/mol. The maximum atomic E-state index is 13.0. The van der Waals surface area contributed by atoms with Gasteiger partial charge in [0.25, 0.3) is 0 Å². The third-order valence-corrected chi connectivity index (χ3v) is 6.25. The predicted molar refractivity (Wildman–Crippen MR) is 86.6 cm³/mol. The first-order chi connectivity index (χ1) is 10.9. The van der Waals surface area contributed by atoms with E-state index in [1.165, 1.54) is 0 Å². The minimum Gasteiger partial charge on any atom is -0.378 e. The zero-order valence-electron chi connectivity index (χ0n) is 13.6. The van der Waals surface area contributed by atoms with E-state index < -0.39 is 10.0 Å². The second-order valence-corrected chi connectivity index (χ2v) is 7.62. The Kier molecular flexibility index (Phi) is 4.27. The standard InChI is InChI=1S/C16H21N3O3S/c1-12-16(13(2)18(3)17-12)15-11-22-10-9-19(15)23(20,21)14-7-5-4-6-8-14/h4-8,15H,9-11H2,1-3H3. The molecule has 1 atom stereocenters. The molecule has 3 rings (SSSR count). The van der Waals surface area contributed by atoms with Crippen LogP contribution in [0.3, 0.4) is 0 Å². The van der Waals surface area contributed by atoms with Crippen LogP contribution in [0.2, 0.25) is 0 Å². The summed E-state index contributed by atoms with van der Waals surface area (Å²) in [6, 6.07) is 8.20. The Morgan fingerprint density at radius 3 is 2.52 bits per heavy atom. The minimum absolute atomic E-state index is 0.311. The molecule has 2 heterocycles. The molecule has 0 saturated carbocycles. The first-order valence-electron chi connectivity index (χ1n) is 7.57. The second-order valence-electron chi connectivity index (χ2n) is 5.73. The fourth-order valence-corrected chi connectivity index (χ4v) is 4.69. The molecule has 2 aromatic rings. The predicted octanol–water partition coefficient (Wildman–Crippen LogP) is 1.80. The Morgan fingerprint density at radius 2 is 1.91 bits per heavy atom. The van der Waals surface area contributed by atoms with Crippen LogP contribution >= 0.6 is 0 Å². The fraction of sp³-hybridized carbons (Fsp3) is 0.438. The molecule has 1 aliphatic heterocycles. The molecule has 1 saturated heterocycles. The highest BCUT2D eigenvalue weighted by atomic mass is 32.2. The molecule has 7 heteroatoms. The lowest BCUT2D eigenvalue weighted by Gasteiger charge is -2.35. The van der Waals surface area contributed by atoms with E-state index >= 15 is 0 Å². The number of morpholine rings is 1. The average molecular weight is 335 g/mol. The third-order valence-electron chi connectivity index (χ3n) is 4.33. The summed E-state index contributed by atoms with van der Waals surface area (Å²) in [7, 11) is -1.70. The van der Waals surface area contributed by atoms with Crippen molar-refractivity contribution in [2.75, 3.05) is 19.8 Å². The summed E-state index contributed by atoms with van der Waals surface area (Å²) in [6.45, 7) is 4.96. The maximum Gasteiger partial charge on any atom is 0.243 e. The topological polar surface area (TPSA) is 64.4 Å². The summed E-state index contributed by atoms with van der Waals surface area (Å²) >= 11 is 0. The van der Waals surface area contributed by atoms with Crippen LogP contribution < -0.4 is 0 Å². The lowest BCUT2D eigenvalue weighted by Crippen LogP contribution is -2.43. The Balaban J connectivity index is 2.06. The van der Waals surface area contributed by atoms with Crippen molar-refractivity contribution in [3.63, 3.8) is 0 Å². The van der Waals surface area contributed by atoms with E-state index in [9.17, 15) is 8.42 Å². The molecule has 1 fully saturated rings. The highest BCUT2D eigenvalue weighted by Gasteiger charge is 2.37. The van der Waals surface area contributed by atoms with Crippen LogP contribution in [0.4, 0.5) is 0 Å². The van der Waals surface area contributed by atoms with Gasteiger partial charge >= 0.3 is 0 Å². The molecule has 1 aromatic carbocycles. The van der Waals surface area contributed by atoms with Gasteiger partial charge in [0.05, 0.1) is 29.8 Å². The van der Waals surface area contributed by atoms with Crippen molar-refractivity contribution in [2.45, 2.75) is 24.8 Å². The van der Waals surface area contributed by atoms with E-state index in [4.69, 9.17) is 4.74 Å². The van der Waals surface area contributed by atoms with Gasteiger partial charge in [0, 0.05) is 24.8 Å². The van der Waals surface area contributed by atoms with E-state index in [2.05, 4.69) is 5.10 Å². The number of aryl methyl sites for hydroxylation is 2. The highest BCUT2D eigenvalue weighted by Crippen LogP contribution is 2.33. The average Bonchev–Trinajstić information content (AvgIpc) is 2.81. The van der Waals surface area contributed by atoms with Crippen LogP contribution in [0.25, 0.3) is 0 Å². The summed E-state index contributed by atoms with van der Waals surface area (Å²) < 4.78 is 35.0. The summed E-state index contributed by atoms with van der Waals surface area (Å²) in [5.74, 6) is 0. The number of ether oxygens (including phenoxy) is 1. The summed E-state index contributed by atoms with van der Waals surface area (Å²) in [4.78, 5) is 0.311. The number of sulfonamides is 1. The Hall–Kier alpha value is -1.70. The lowest BCUT2D eigenvalue weighted by atomic mass is 10.0. The normalized spacial score (nSPS) is 19.9. The van der Waals surface area contributed by atoms with E-state index in [1.54, 1.807) is 33.3 Å². The van der Waals surface area contributed by atoms with E-state index in [1.807, 2.05) is 27.0 Å². The largest absolute Gasteiger partial charge is 0.378 e. The number of hydrogen-bond acceptors (Lipinski definition) is 4. The SMILES string of the molecule is Cc1nn(C)c(C)c1C1COCCN1S(=O)(=O)c1ccccc1. The fourth-order valence-electron chi connectivity index (χ4n) is 3.10. The first-order valence-corrected chi connectivity index (χ1v) is 9.01. The van der Waals surface area contributed by atoms with Crippen molar-refractivity contribution in [2.24, 2.45) is 7.05 Å². The molecule has 23 heavy (non-hydrogen) atoms. The molecule has 1 aliphatic rings. The molecule has 0 aliphatic carbocycles. The monoisotopic (exact) mass is 335 g/mol. The smallest absolute Gasteiger partial charge is 0.243 e. The number of nitrogens with zero attached hydrogens (tertiary/aromatic N) is 3. The Bertz CT molecular complexity index is 799. The van der Waals surface area contributed by atoms with Gasteiger partial charge in [0.2, 0.25) is 10.0 Å². The van der Waals surface area contributed by atoms with Crippen LogP contribution in [-0.4, -0.2) is 42.3 Å². The Labute approximate surface area is 136 Å². The zero-order valence-corrected chi connectivity index (χ0v) is 14.4. The van der Waals surface area contributed by atoms with Gasteiger partial charge in [-0.2, -0.15) is 9.40 Å². The van der Waals surface area contributed by atoms with Crippen molar-refractivity contribution in [1.29, 1.82) is 0 Å². The van der Waals surface area contributed by atoms with E-state index in [0.29, 0.717) is 24.7 Å². The molecule has 0 radical (unpaired) electrons. The molecule has 6 nitrogen and oxygen atoms in total. The quantitative estimate of drug-likeness (QED) is 0.858. The van der Waals surface area contributed by atoms with Gasteiger partial charge in [0.15, 0.2) is 0 Å². The molecule has 124 valence electrons. The van der Waals surface area contributed by atoms with Crippen LogP contribution in [0.5, 0.6) is 0 Å². The van der Waals surface area contributed by atoms with Gasteiger partial charge in [-0.15, -0.1) is 0 Å². The molecular formula is C16H21N3O3S. The molecule has 0 spiro atoms. The lowest BCUT2D eigenvalue weighted by molar-refractivity contribution is 0.0316. The zero-order chi connectivity index (χ0) is 16.6. The maximum absolute atomic E-state index is 13.0. The number of rotatable bonds is 3. The van der Waals surface area contributed by atoms with Crippen molar-refractivity contribution in [3.8, 4) is 0 Å². The number of aromatic nitrogens is 2. The third kappa shape index (κ3) is 2.80. The summed E-state index contributed by atoms with van der Waals surface area (Å²) in [5, 5.41) is 4.41. The van der Waals surface area contributed by atoms with Gasteiger partial charge in [-0.25, -0.2) is 8.42 Å². The minimum atomic E-state index is -3.57. The van der Waals surface area contributed by atoms with E-state index in [-0.39, 0.29) is 6.04 Å². The molecule has 1 unspecified atom stereocenters. The van der Waals surface area contributed by atoms with Crippen LogP contribution in [0.15, 0.2) is 35.2 Å². The summed E-state index contributed by atoms with van der Waals surface area (Å²) in [6.07, 6.45) is 0. The van der Waals surface area contributed by atoms with Gasteiger partial charge in [0.1, 0.15) is 0 Å². The van der Waals surface area contributed by atoms with Crippen molar-refractivity contribution < 1.29 is 13.2 Å². The number of benzene rings is 1. The molecule has 0 bridgehead atoms. The highest BCUT2D eigenvalue weighted by molar-refractivity contribution is 7.89.